The van der Waals surface area contributed by atoms with Crippen molar-refractivity contribution in [3.8, 4) is 5.75 Å². The van der Waals surface area contributed by atoms with Gasteiger partial charge in [0.05, 0.1) is 29.6 Å². The second-order valence-corrected chi connectivity index (χ2v) is 8.47. The van der Waals surface area contributed by atoms with Crippen LogP contribution in [0.5, 0.6) is 5.75 Å². The van der Waals surface area contributed by atoms with Crippen LogP contribution in [-0.2, 0) is 4.74 Å². The zero-order valence-electron chi connectivity index (χ0n) is 15.8. The monoisotopic (exact) mass is 391 g/mol. The van der Waals surface area contributed by atoms with E-state index in [0.29, 0.717) is 17.4 Å². The van der Waals surface area contributed by atoms with E-state index in [0.717, 1.165) is 47.9 Å². The fourth-order valence-corrected chi connectivity index (χ4v) is 4.95. The molecule has 2 fully saturated rings. The molecule has 0 spiro atoms. The van der Waals surface area contributed by atoms with Crippen molar-refractivity contribution in [1.29, 1.82) is 0 Å². The Kier molecular flexibility index (Phi) is 4.96. The van der Waals surface area contributed by atoms with Crippen molar-refractivity contribution in [2.75, 3.05) is 38.2 Å². The van der Waals surface area contributed by atoms with Crippen LogP contribution in [0.25, 0.3) is 10.2 Å². The van der Waals surface area contributed by atoms with Gasteiger partial charge < -0.3 is 19.5 Å². The normalized spacial score (nSPS) is 23.1. The Morgan fingerprint density at radius 2 is 2.15 bits per heavy atom. The molecule has 2 aliphatic heterocycles. The maximum atomic E-state index is 12.0. The van der Waals surface area contributed by atoms with Crippen LogP contribution in [0.2, 0.25) is 0 Å². The van der Waals surface area contributed by atoms with E-state index in [1.807, 2.05) is 19.9 Å². The number of benzene rings is 1. The summed E-state index contributed by atoms with van der Waals surface area (Å²) < 4.78 is 11.7. The fourth-order valence-electron chi connectivity index (χ4n) is 3.89. The third kappa shape index (κ3) is 3.61. The largest absolute Gasteiger partial charge is 0.489 e. The molecule has 7 nitrogen and oxygen atoms in total. The molecule has 3 heterocycles. The van der Waals surface area contributed by atoms with Crippen LogP contribution in [0.4, 0.5) is 5.13 Å². The summed E-state index contributed by atoms with van der Waals surface area (Å²) in [6.07, 6.45) is 0.573. The number of thiazole rings is 1. The van der Waals surface area contributed by atoms with Gasteiger partial charge in [0.25, 0.3) is 0 Å². The molecular formula is C19H25N3O4S. The standard InChI is InChI=1S/C19H25N3O4S/c1-11(2)26-15-6-12(18(24)25-3)7-16-17(15)20-19(27-16)22-5-4-21-10-14(23)8-13(21)9-22/h6-7,11,13-14,23H,4-5,8-10H2,1-3H3. The summed E-state index contributed by atoms with van der Waals surface area (Å²) in [7, 11) is 1.38. The van der Waals surface area contributed by atoms with Crippen molar-refractivity contribution >= 4 is 32.7 Å². The predicted molar refractivity (Wildman–Crippen MR) is 105 cm³/mol. The second-order valence-electron chi connectivity index (χ2n) is 7.46. The number of rotatable bonds is 4. The van der Waals surface area contributed by atoms with Crippen molar-refractivity contribution in [2.24, 2.45) is 0 Å². The summed E-state index contributed by atoms with van der Waals surface area (Å²) in [5.41, 5.74) is 1.25. The zero-order chi connectivity index (χ0) is 19.1. The number of ether oxygens (including phenoxy) is 2. The molecule has 2 atom stereocenters. The Hall–Kier alpha value is -1.90. The van der Waals surface area contributed by atoms with Crippen molar-refractivity contribution in [2.45, 2.75) is 38.5 Å². The first-order chi connectivity index (χ1) is 12.9. The van der Waals surface area contributed by atoms with E-state index in [-0.39, 0.29) is 18.2 Å². The van der Waals surface area contributed by atoms with E-state index in [1.165, 1.54) is 7.11 Å². The lowest BCUT2D eigenvalue weighted by atomic mass is 10.1. The highest BCUT2D eigenvalue weighted by Gasteiger charge is 2.36. The number of hydrogen-bond donors (Lipinski definition) is 1. The van der Waals surface area contributed by atoms with Gasteiger partial charge in [0.2, 0.25) is 0 Å². The van der Waals surface area contributed by atoms with Crippen molar-refractivity contribution in [1.82, 2.24) is 9.88 Å². The average molecular weight is 391 g/mol. The number of hydrogen-bond acceptors (Lipinski definition) is 8. The number of methoxy groups -OCH3 is 1. The number of aliphatic hydroxyl groups excluding tert-OH is 1. The predicted octanol–water partition coefficient (Wildman–Crippen LogP) is 2.13. The Labute approximate surface area is 162 Å². The minimum Gasteiger partial charge on any atom is -0.489 e. The summed E-state index contributed by atoms with van der Waals surface area (Å²) in [5.74, 6) is 0.231. The van der Waals surface area contributed by atoms with E-state index in [9.17, 15) is 9.90 Å². The van der Waals surface area contributed by atoms with Gasteiger partial charge in [-0.05, 0) is 32.4 Å². The third-order valence-corrected chi connectivity index (χ3v) is 6.16. The number of carbonyl (C=O) groups is 1. The molecule has 0 radical (unpaired) electrons. The number of carbonyl (C=O) groups excluding carboxylic acids is 1. The molecule has 1 aromatic heterocycles. The number of esters is 1. The number of aliphatic hydroxyl groups is 1. The van der Waals surface area contributed by atoms with Gasteiger partial charge in [-0.25, -0.2) is 9.78 Å². The number of anilines is 1. The molecule has 27 heavy (non-hydrogen) atoms. The van der Waals surface area contributed by atoms with Gasteiger partial charge in [0.1, 0.15) is 11.3 Å². The third-order valence-electron chi connectivity index (χ3n) is 5.10. The van der Waals surface area contributed by atoms with Crippen LogP contribution in [0, 0.1) is 0 Å². The lowest BCUT2D eigenvalue weighted by Gasteiger charge is -2.37. The smallest absolute Gasteiger partial charge is 0.338 e. The van der Waals surface area contributed by atoms with Crippen LogP contribution in [0.3, 0.4) is 0 Å². The number of nitrogens with zero attached hydrogens (tertiary/aromatic N) is 3. The number of aromatic nitrogens is 1. The van der Waals surface area contributed by atoms with Gasteiger partial charge in [0.15, 0.2) is 5.13 Å². The molecule has 146 valence electrons. The van der Waals surface area contributed by atoms with Crippen LogP contribution < -0.4 is 9.64 Å². The van der Waals surface area contributed by atoms with Crippen LogP contribution in [0.1, 0.15) is 30.6 Å². The number of piperazine rings is 1. The van der Waals surface area contributed by atoms with Gasteiger partial charge in [-0.3, -0.25) is 4.90 Å². The van der Waals surface area contributed by atoms with Crippen molar-refractivity contribution < 1.29 is 19.4 Å². The van der Waals surface area contributed by atoms with Crippen molar-refractivity contribution in [3.63, 3.8) is 0 Å². The maximum absolute atomic E-state index is 12.0. The Balaban J connectivity index is 1.67. The highest BCUT2D eigenvalue weighted by molar-refractivity contribution is 7.22. The molecule has 1 aromatic carbocycles. The van der Waals surface area contributed by atoms with Gasteiger partial charge in [-0.1, -0.05) is 11.3 Å². The fraction of sp³-hybridized carbons (Fsp3) is 0.579. The molecule has 0 amide bonds. The summed E-state index contributed by atoms with van der Waals surface area (Å²) in [4.78, 5) is 21.5. The summed E-state index contributed by atoms with van der Waals surface area (Å²) in [6, 6.07) is 3.91. The zero-order valence-corrected chi connectivity index (χ0v) is 16.7. The highest BCUT2D eigenvalue weighted by Crippen LogP contribution is 2.37. The quantitative estimate of drug-likeness (QED) is 0.800. The molecule has 2 aromatic rings. The average Bonchev–Trinajstić information content (AvgIpc) is 3.22. The van der Waals surface area contributed by atoms with Gasteiger partial charge in [0, 0.05) is 32.2 Å². The van der Waals surface area contributed by atoms with E-state index in [4.69, 9.17) is 14.5 Å². The van der Waals surface area contributed by atoms with Crippen LogP contribution in [0.15, 0.2) is 12.1 Å². The molecule has 2 aliphatic rings. The lowest BCUT2D eigenvalue weighted by Crippen LogP contribution is -2.50. The van der Waals surface area contributed by atoms with E-state index in [2.05, 4.69) is 9.80 Å². The molecule has 8 heteroatoms. The van der Waals surface area contributed by atoms with E-state index >= 15 is 0 Å². The topological polar surface area (TPSA) is 75.1 Å². The van der Waals surface area contributed by atoms with E-state index in [1.54, 1.807) is 17.4 Å². The minimum atomic E-state index is -0.381. The Bertz CT molecular complexity index is 853. The molecule has 2 unspecified atom stereocenters. The first-order valence-corrected chi connectivity index (χ1v) is 10.1. The lowest BCUT2D eigenvalue weighted by molar-refractivity contribution is 0.0600. The SMILES string of the molecule is COC(=O)c1cc(OC(C)C)c2nc(N3CCN4CC(O)CC4C3)sc2c1. The molecule has 4 rings (SSSR count). The first-order valence-electron chi connectivity index (χ1n) is 9.31. The molecule has 0 bridgehead atoms. The van der Waals surface area contributed by atoms with Gasteiger partial charge in [-0.2, -0.15) is 0 Å². The second kappa shape index (κ2) is 7.26. The maximum Gasteiger partial charge on any atom is 0.338 e. The Morgan fingerprint density at radius 3 is 2.89 bits per heavy atom. The first kappa shape index (κ1) is 18.5. The molecule has 0 aliphatic carbocycles. The number of fused-ring (bicyclic) bond motifs is 2. The van der Waals surface area contributed by atoms with Crippen LogP contribution >= 0.6 is 11.3 Å². The van der Waals surface area contributed by atoms with Gasteiger partial charge in [-0.15, -0.1) is 0 Å². The molecule has 1 N–H and O–H groups in total. The molecule has 2 saturated heterocycles. The Morgan fingerprint density at radius 1 is 1.33 bits per heavy atom. The highest BCUT2D eigenvalue weighted by atomic mass is 32.1. The molecule has 0 saturated carbocycles. The van der Waals surface area contributed by atoms with Crippen LogP contribution in [-0.4, -0.2) is 72.5 Å². The summed E-state index contributed by atoms with van der Waals surface area (Å²) >= 11 is 1.57. The summed E-state index contributed by atoms with van der Waals surface area (Å²) in [6.45, 7) is 7.35. The van der Waals surface area contributed by atoms with E-state index < -0.39 is 0 Å². The minimum absolute atomic E-state index is 0.0187. The van der Waals surface area contributed by atoms with Gasteiger partial charge >= 0.3 is 5.97 Å². The summed E-state index contributed by atoms with van der Waals surface area (Å²) in [5, 5.41) is 10.9. The van der Waals surface area contributed by atoms with Crippen molar-refractivity contribution in [3.05, 3.63) is 17.7 Å². The molecular weight excluding hydrogens is 366 g/mol.